The van der Waals surface area contributed by atoms with Gasteiger partial charge in [0.1, 0.15) is 0 Å². The van der Waals surface area contributed by atoms with Crippen molar-refractivity contribution in [2.24, 2.45) is 0 Å². The normalized spacial score (nSPS) is 11.1. The van der Waals surface area contributed by atoms with Crippen LogP contribution in [-0.2, 0) is 0 Å². The van der Waals surface area contributed by atoms with Gasteiger partial charge in [0.25, 0.3) is 0 Å². The number of rotatable bonds is 11. The van der Waals surface area contributed by atoms with Crippen molar-refractivity contribution in [1.82, 2.24) is 4.57 Å². The van der Waals surface area contributed by atoms with Crippen LogP contribution in [0.25, 0.3) is 27.5 Å². The minimum Gasteiger partial charge on any atom is -0.388 e. The van der Waals surface area contributed by atoms with Crippen molar-refractivity contribution in [3.8, 4) is 5.69 Å². The van der Waals surface area contributed by atoms with Crippen molar-refractivity contribution in [1.29, 1.82) is 0 Å². The summed E-state index contributed by atoms with van der Waals surface area (Å²) in [6, 6.07) is 58.9. The van der Waals surface area contributed by atoms with E-state index in [0.717, 1.165) is 73.6 Å². The Hall–Kier alpha value is -6.86. The van der Waals surface area contributed by atoms with E-state index >= 15 is 0 Å². The third-order valence-corrected chi connectivity index (χ3v) is 10.1. The van der Waals surface area contributed by atoms with Crippen LogP contribution in [-0.4, -0.2) is 39.8 Å². The Kier molecular flexibility index (Phi) is 9.28. The number of fused-ring (bicyclic) bond motifs is 3. The lowest BCUT2D eigenvalue weighted by molar-refractivity contribution is 1.13. The molecule has 0 bridgehead atoms. The molecule has 0 amide bonds. The Labute approximate surface area is 317 Å². The number of anilines is 10. The number of hydrogen-bond donors (Lipinski definition) is 3. The number of aromatic nitrogens is 1. The Bertz CT molecular complexity index is 2460. The zero-order chi connectivity index (χ0) is 37.2. The highest BCUT2D eigenvalue weighted by Crippen LogP contribution is 2.43. The minimum atomic E-state index is 1.07. The number of para-hydroxylation sites is 1. The van der Waals surface area contributed by atoms with Crippen LogP contribution in [0.4, 0.5) is 56.9 Å². The Morgan fingerprint density at radius 2 is 0.704 bits per heavy atom. The molecule has 7 heteroatoms. The molecule has 8 aromatic rings. The van der Waals surface area contributed by atoms with Crippen molar-refractivity contribution >= 4 is 78.7 Å². The second kappa shape index (κ2) is 14.6. The van der Waals surface area contributed by atoms with Crippen LogP contribution in [0.5, 0.6) is 0 Å². The molecule has 3 N–H and O–H groups in total. The summed E-state index contributed by atoms with van der Waals surface area (Å²) in [5, 5.41) is 12.1. The van der Waals surface area contributed by atoms with Crippen LogP contribution < -0.4 is 30.7 Å². The fraction of sp³-hybridized carbons (Fsp3) is 0.106. The van der Waals surface area contributed by atoms with E-state index in [1.807, 2.05) is 21.1 Å². The molecule has 0 aliphatic heterocycles. The molecule has 0 spiro atoms. The smallest absolute Gasteiger partial charge is 0.0542 e. The van der Waals surface area contributed by atoms with Crippen LogP contribution in [0.15, 0.2) is 164 Å². The molecular weight excluding hydrogens is 663 g/mol. The van der Waals surface area contributed by atoms with Gasteiger partial charge in [-0.05, 0) is 146 Å². The Balaban J connectivity index is 1.36. The fourth-order valence-electron chi connectivity index (χ4n) is 7.26. The largest absolute Gasteiger partial charge is 0.388 e. The van der Waals surface area contributed by atoms with Gasteiger partial charge in [-0.2, -0.15) is 0 Å². The second-order valence-electron chi connectivity index (χ2n) is 13.5. The highest BCUT2D eigenvalue weighted by atomic mass is 15.2. The Morgan fingerprint density at radius 3 is 1.06 bits per heavy atom. The van der Waals surface area contributed by atoms with E-state index in [1.165, 1.54) is 10.8 Å². The molecule has 0 aliphatic rings. The summed E-state index contributed by atoms with van der Waals surface area (Å²) in [6.45, 7) is 0. The lowest BCUT2D eigenvalue weighted by Gasteiger charge is -2.27. The summed E-state index contributed by atoms with van der Waals surface area (Å²) in [5.74, 6) is 0. The predicted molar refractivity (Wildman–Crippen MR) is 233 cm³/mol. The van der Waals surface area contributed by atoms with Crippen LogP contribution in [0.1, 0.15) is 0 Å². The van der Waals surface area contributed by atoms with E-state index in [4.69, 9.17) is 0 Å². The van der Waals surface area contributed by atoms with Gasteiger partial charge < -0.3 is 35.2 Å². The lowest BCUT2D eigenvalue weighted by Crippen LogP contribution is -2.11. The highest BCUT2D eigenvalue weighted by Gasteiger charge is 2.20. The van der Waals surface area contributed by atoms with Gasteiger partial charge in [0.2, 0.25) is 0 Å². The fourth-order valence-corrected chi connectivity index (χ4v) is 7.26. The number of benzene rings is 7. The third kappa shape index (κ3) is 6.41. The Morgan fingerprint density at radius 1 is 0.370 bits per heavy atom. The molecule has 0 fully saturated rings. The van der Waals surface area contributed by atoms with Gasteiger partial charge in [-0.1, -0.05) is 18.2 Å². The first-order valence-electron chi connectivity index (χ1n) is 18.3. The molecule has 0 saturated carbocycles. The van der Waals surface area contributed by atoms with Gasteiger partial charge in [-0.3, -0.25) is 0 Å². The van der Waals surface area contributed by atoms with E-state index in [0.29, 0.717) is 0 Å². The summed E-state index contributed by atoms with van der Waals surface area (Å²) in [4.78, 5) is 6.80. The minimum absolute atomic E-state index is 1.07. The molecular formula is C47H45N7. The number of hydrogen-bond acceptors (Lipinski definition) is 6. The zero-order valence-electron chi connectivity index (χ0n) is 31.4. The SMILES string of the molecule is CNc1ccc(N(c2ccc(NC)cc2)c2ccc3c(c2)c2cc(N(c4ccc(NC)cc4)c4ccc(N(C)C)cc4)ccc2n3-c2ccccc2)cc1. The van der Waals surface area contributed by atoms with E-state index in [2.05, 4.69) is 213 Å². The van der Waals surface area contributed by atoms with Crippen molar-refractivity contribution in [2.45, 2.75) is 0 Å². The maximum absolute atomic E-state index is 3.27. The van der Waals surface area contributed by atoms with Gasteiger partial charge in [0.05, 0.1) is 11.0 Å². The molecule has 0 saturated heterocycles. The monoisotopic (exact) mass is 707 g/mol. The van der Waals surface area contributed by atoms with Crippen molar-refractivity contribution in [3.63, 3.8) is 0 Å². The van der Waals surface area contributed by atoms with E-state index < -0.39 is 0 Å². The summed E-state index contributed by atoms with van der Waals surface area (Å²) < 4.78 is 2.38. The van der Waals surface area contributed by atoms with Gasteiger partial charge in [0.15, 0.2) is 0 Å². The molecule has 0 unspecified atom stereocenters. The first-order chi connectivity index (χ1) is 26.4. The summed E-state index contributed by atoms with van der Waals surface area (Å²) >= 11 is 0. The van der Waals surface area contributed by atoms with E-state index in [9.17, 15) is 0 Å². The number of nitrogens with zero attached hydrogens (tertiary/aromatic N) is 4. The van der Waals surface area contributed by atoms with Crippen LogP contribution in [0.3, 0.4) is 0 Å². The lowest BCUT2D eigenvalue weighted by atomic mass is 10.1. The molecule has 0 aliphatic carbocycles. The van der Waals surface area contributed by atoms with Crippen LogP contribution in [0.2, 0.25) is 0 Å². The van der Waals surface area contributed by atoms with Crippen molar-refractivity contribution in [3.05, 3.63) is 164 Å². The van der Waals surface area contributed by atoms with Gasteiger partial charge in [0, 0.05) is 109 Å². The van der Waals surface area contributed by atoms with Crippen molar-refractivity contribution in [2.75, 3.05) is 65.9 Å². The van der Waals surface area contributed by atoms with Crippen LogP contribution >= 0.6 is 0 Å². The number of nitrogens with one attached hydrogen (secondary N) is 3. The maximum Gasteiger partial charge on any atom is 0.0542 e. The summed E-state index contributed by atoms with van der Waals surface area (Å²) in [7, 11) is 10.00. The van der Waals surface area contributed by atoms with E-state index in [1.54, 1.807) is 0 Å². The predicted octanol–water partition coefficient (Wildman–Crippen LogP) is 11.9. The average Bonchev–Trinajstić information content (AvgIpc) is 3.55. The van der Waals surface area contributed by atoms with E-state index in [-0.39, 0.29) is 0 Å². The van der Waals surface area contributed by atoms with Crippen LogP contribution in [0, 0.1) is 0 Å². The molecule has 0 atom stereocenters. The molecule has 1 heterocycles. The second-order valence-corrected chi connectivity index (χ2v) is 13.5. The molecule has 7 aromatic carbocycles. The molecule has 8 rings (SSSR count). The topological polar surface area (TPSA) is 50.7 Å². The first-order valence-corrected chi connectivity index (χ1v) is 18.3. The summed E-state index contributed by atoms with van der Waals surface area (Å²) in [6.07, 6.45) is 0. The summed E-state index contributed by atoms with van der Waals surface area (Å²) in [5.41, 5.74) is 14.3. The van der Waals surface area contributed by atoms with Crippen molar-refractivity contribution < 1.29 is 0 Å². The van der Waals surface area contributed by atoms with Gasteiger partial charge in [-0.15, -0.1) is 0 Å². The average molecular weight is 708 g/mol. The van der Waals surface area contributed by atoms with Gasteiger partial charge in [-0.25, -0.2) is 0 Å². The van der Waals surface area contributed by atoms with Gasteiger partial charge >= 0.3 is 0 Å². The quantitative estimate of drug-likeness (QED) is 0.124. The molecule has 7 nitrogen and oxygen atoms in total. The third-order valence-electron chi connectivity index (χ3n) is 10.1. The molecule has 0 radical (unpaired) electrons. The molecule has 1 aromatic heterocycles. The highest BCUT2D eigenvalue weighted by molar-refractivity contribution is 6.12. The first kappa shape index (κ1) is 34.2. The maximum atomic E-state index is 3.27. The standard InChI is InChI=1S/C47H45N7/c1-48-33-11-17-38(18-12-33)52(39-19-13-34(49-2)14-20-39)42-27-29-46-44(31-42)45-32-43(28-30-47(45)54(46)37-9-7-6-8-10-37)53(40-21-15-35(50-3)16-22-40)41-25-23-36(24-26-41)51(4)5/h6-32,48-50H,1-5H3. The molecule has 268 valence electrons. The molecule has 54 heavy (non-hydrogen) atoms. The zero-order valence-corrected chi connectivity index (χ0v) is 31.4.